The lowest BCUT2D eigenvalue weighted by Crippen LogP contribution is -2.44. The molecule has 39 heavy (non-hydrogen) atoms. The van der Waals surface area contributed by atoms with Crippen LogP contribution in [0.25, 0.3) is 0 Å². The summed E-state index contributed by atoms with van der Waals surface area (Å²) in [7, 11) is 0. The highest BCUT2D eigenvalue weighted by molar-refractivity contribution is 6.30. The zero-order chi connectivity index (χ0) is 28.5. The van der Waals surface area contributed by atoms with Crippen molar-refractivity contribution in [3.05, 3.63) is 69.7 Å². The monoisotopic (exact) mass is 559 g/mol. The predicted octanol–water partition coefficient (Wildman–Crippen LogP) is 6.43. The van der Waals surface area contributed by atoms with Gasteiger partial charge in [0.15, 0.2) is 0 Å². The number of piperidine rings is 1. The van der Waals surface area contributed by atoms with E-state index in [1.165, 1.54) is 19.1 Å². The van der Waals surface area contributed by atoms with E-state index >= 15 is 0 Å². The van der Waals surface area contributed by atoms with Crippen LogP contribution in [0, 0.1) is 17.6 Å². The largest absolute Gasteiger partial charge is 0.350 e. The van der Waals surface area contributed by atoms with Crippen molar-refractivity contribution in [3.63, 3.8) is 0 Å². The van der Waals surface area contributed by atoms with Gasteiger partial charge in [0.25, 0.3) is 0 Å². The van der Waals surface area contributed by atoms with E-state index in [2.05, 4.69) is 37.1 Å². The first-order valence-electron chi connectivity index (χ1n) is 13.9. The minimum Gasteiger partial charge on any atom is -0.350 e. The lowest BCUT2D eigenvalue weighted by molar-refractivity contribution is -0.136. The summed E-state index contributed by atoms with van der Waals surface area (Å²) in [5.74, 6) is -1.73. The fourth-order valence-electron chi connectivity index (χ4n) is 6.23. The second kappa shape index (κ2) is 11.9. The fourth-order valence-corrected chi connectivity index (χ4v) is 6.41. The van der Waals surface area contributed by atoms with Gasteiger partial charge in [-0.05, 0) is 80.8 Å². The van der Waals surface area contributed by atoms with E-state index in [0.29, 0.717) is 36.8 Å². The van der Waals surface area contributed by atoms with E-state index in [1.807, 2.05) is 24.0 Å². The summed E-state index contributed by atoms with van der Waals surface area (Å²) in [5.41, 5.74) is 2.43. The van der Waals surface area contributed by atoms with Crippen LogP contribution in [-0.2, 0) is 9.59 Å². The maximum Gasteiger partial charge on any atom is 0.227 e. The number of halogens is 3. The molecule has 2 amide bonds. The predicted molar refractivity (Wildman–Crippen MR) is 151 cm³/mol. The summed E-state index contributed by atoms with van der Waals surface area (Å²) < 4.78 is 28.5. The summed E-state index contributed by atoms with van der Waals surface area (Å²) in [4.78, 5) is 29.9. The van der Waals surface area contributed by atoms with Crippen molar-refractivity contribution in [1.82, 2.24) is 15.1 Å². The van der Waals surface area contributed by atoms with E-state index in [1.54, 1.807) is 0 Å². The van der Waals surface area contributed by atoms with Crippen molar-refractivity contribution >= 4 is 23.4 Å². The van der Waals surface area contributed by atoms with Crippen LogP contribution in [0.2, 0.25) is 5.02 Å². The SMILES string of the molecule is CC[C@H](NC(C)=O)c1cc(Cl)ccc1C1CCN(C(=O)C2CN(C(C)(C)C)C[C@H]2c2ccc(F)cc2F)CC1. The minimum atomic E-state index is -0.614. The van der Waals surface area contributed by atoms with E-state index in [4.69, 9.17) is 11.6 Å². The van der Waals surface area contributed by atoms with Gasteiger partial charge in [-0.25, -0.2) is 8.78 Å². The maximum absolute atomic E-state index is 14.9. The number of likely N-dealkylation sites (tertiary alicyclic amines) is 2. The van der Waals surface area contributed by atoms with Crippen LogP contribution in [0.4, 0.5) is 8.78 Å². The first-order valence-corrected chi connectivity index (χ1v) is 14.3. The maximum atomic E-state index is 14.9. The highest BCUT2D eigenvalue weighted by Gasteiger charge is 2.44. The highest BCUT2D eigenvalue weighted by atomic mass is 35.5. The summed E-state index contributed by atoms with van der Waals surface area (Å²) in [6.45, 7) is 12.1. The molecule has 8 heteroatoms. The average molecular weight is 560 g/mol. The van der Waals surface area contributed by atoms with Crippen molar-refractivity contribution in [3.8, 4) is 0 Å². The molecule has 0 bridgehead atoms. The van der Waals surface area contributed by atoms with Crippen molar-refractivity contribution < 1.29 is 18.4 Å². The third-order valence-corrected chi connectivity index (χ3v) is 8.64. The van der Waals surface area contributed by atoms with Crippen molar-refractivity contribution in [2.24, 2.45) is 5.92 Å². The fraction of sp³-hybridized carbons (Fsp3) is 0.548. The molecule has 3 atom stereocenters. The number of nitrogens with one attached hydrogen (secondary N) is 1. The second-order valence-corrected chi connectivity index (χ2v) is 12.4. The standard InChI is InChI=1S/C31H40ClF2N3O2/c1-6-29(35-19(2)38)25-15-21(32)7-9-23(25)20-11-13-36(14-12-20)30(39)27-18-37(31(3,4)5)17-26(27)24-10-8-22(33)16-28(24)34/h7-10,15-16,20,26-27,29H,6,11-14,17-18H2,1-5H3,(H,35,38)/t26-,27?,29-/m0/s1. The second-order valence-electron chi connectivity index (χ2n) is 12.0. The van der Waals surface area contributed by atoms with Gasteiger partial charge in [-0.1, -0.05) is 30.7 Å². The summed E-state index contributed by atoms with van der Waals surface area (Å²) in [5, 5.41) is 3.67. The van der Waals surface area contributed by atoms with Gasteiger partial charge >= 0.3 is 0 Å². The zero-order valence-corrected chi connectivity index (χ0v) is 24.3. The molecular weight excluding hydrogens is 520 g/mol. The number of nitrogens with zero attached hydrogens (tertiary/aromatic N) is 2. The lowest BCUT2D eigenvalue weighted by Gasteiger charge is -2.36. The summed E-state index contributed by atoms with van der Waals surface area (Å²) >= 11 is 6.34. The Bertz CT molecular complexity index is 1210. The Balaban J connectivity index is 1.52. The van der Waals surface area contributed by atoms with Crippen molar-refractivity contribution in [2.75, 3.05) is 26.2 Å². The molecule has 0 saturated carbocycles. The molecule has 2 heterocycles. The van der Waals surface area contributed by atoms with Crippen LogP contribution in [0.3, 0.4) is 0 Å². The first-order chi connectivity index (χ1) is 18.4. The van der Waals surface area contributed by atoms with Gasteiger partial charge in [-0.2, -0.15) is 0 Å². The topological polar surface area (TPSA) is 52.7 Å². The number of carbonyl (C=O) groups is 2. The van der Waals surface area contributed by atoms with Crippen LogP contribution < -0.4 is 5.32 Å². The van der Waals surface area contributed by atoms with Crippen LogP contribution in [-0.4, -0.2) is 53.3 Å². The van der Waals surface area contributed by atoms with Gasteiger partial charge in [-0.3, -0.25) is 14.5 Å². The molecule has 0 aliphatic carbocycles. The third kappa shape index (κ3) is 6.63. The van der Waals surface area contributed by atoms with E-state index in [-0.39, 0.29) is 35.2 Å². The molecule has 2 aromatic rings. The Morgan fingerprint density at radius 3 is 2.31 bits per heavy atom. The molecule has 2 aliphatic rings. The molecule has 2 aliphatic heterocycles. The lowest BCUT2D eigenvalue weighted by atomic mass is 9.83. The van der Waals surface area contributed by atoms with Gasteiger partial charge in [-0.15, -0.1) is 0 Å². The number of carbonyl (C=O) groups excluding carboxylic acids is 2. The molecule has 1 unspecified atom stereocenters. The molecule has 0 radical (unpaired) electrons. The molecule has 1 N–H and O–H groups in total. The quantitative estimate of drug-likeness (QED) is 0.444. The highest BCUT2D eigenvalue weighted by Crippen LogP contribution is 2.40. The Kier molecular flexibility index (Phi) is 9.01. The summed E-state index contributed by atoms with van der Waals surface area (Å²) in [6.07, 6.45) is 2.34. The molecule has 2 saturated heterocycles. The Labute approximate surface area is 235 Å². The number of amides is 2. The number of rotatable bonds is 6. The molecule has 5 nitrogen and oxygen atoms in total. The summed E-state index contributed by atoms with van der Waals surface area (Å²) in [6, 6.07) is 9.45. The van der Waals surface area contributed by atoms with Crippen LogP contribution in [0.15, 0.2) is 36.4 Å². The van der Waals surface area contributed by atoms with Crippen LogP contribution in [0.5, 0.6) is 0 Å². The van der Waals surface area contributed by atoms with Gasteiger partial charge in [0.1, 0.15) is 11.6 Å². The molecule has 0 aromatic heterocycles. The molecule has 4 rings (SSSR count). The first kappa shape index (κ1) is 29.5. The average Bonchev–Trinajstić information content (AvgIpc) is 3.33. The normalized spacial score (nSPS) is 21.7. The van der Waals surface area contributed by atoms with Crippen molar-refractivity contribution in [1.29, 1.82) is 0 Å². The molecule has 0 spiro atoms. The van der Waals surface area contributed by atoms with Crippen LogP contribution in [0.1, 0.15) is 88.4 Å². The van der Waals surface area contributed by atoms with E-state index in [0.717, 1.165) is 36.5 Å². The van der Waals surface area contributed by atoms with Gasteiger partial charge in [0.2, 0.25) is 11.8 Å². The molecule has 2 aromatic carbocycles. The molecular formula is C31H40ClF2N3O2. The zero-order valence-electron chi connectivity index (χ0n) is 23.6. The Morgan fingerprint density at radius 2 is 1.72 bits per heavy atom. The van der Waals surface area contributed by atoms with Crippen molar-refractivity contribution in [2.45, 2.75) is 77.3 Å². The van der Waals surface area contributed by atoms with E-state index in [9.17, 15) is 18.4 Å². The van der Waals surface area contributed by atoms with Gasteiger partial charge in [0, 0.05) is 55.6 Å². The van der Waals surface area contributed by atoms with Gasteiger partial charge < -0.3 is 10.2 Å². The number of hydrogen-bond acceptors (Lipinski definition) is 3. The van der Waals surface area contributed by atoms with Gasteiger partial charge in [0.05, 0.1) is 12.0 Å². The molecule has 2 fully saturated rings. The smallest absolute Gasteiger partial charge is 0.227 e. The Hall–Kier alpha value is -2.51. The Morgan fingerprint density at radius 1 is 1.05 bits per heavy atom. The number of hydrogen-bond donors (Lipinski definition) is 1. The minimum absolute atomic E-state index is 0.0370. The van der Waals surface area contributed by atoms with Crippen LogP contribution >= 0.6 is 11.6 Å². The third-order valence-electron chi connectivity index (χ3n) is 8.40. The van der Waals surface area contributed by atoms with E-state index < -0.39 is 17.6 Å². The molecule has 212 valence electrons. The number of benzene rings is 2.